The van der Waals surface area contributed by atoms with Crippen molar-refractivity contribution >= 4 is 0 Å². The molecule has 0 N–H and O–H groups in total. The summed E-state index contributed by atoms with van der Waals surface area (Å²) in [5.74, 6) is 0. The van der Waals surface area contributed by atoms with E-state index in [4.69, 9.17) is 5.26 Å². The van der Waals surface area contributed by atoms with Crippen LogP contribution < -0.4 is 0 Å². The predicted octanol–water partition coefficient (Wildman–Crippen LogP) is 1.80. The van der Waals surface area contributed by atoms with Crippen LogP contribution in [-0.4, -0.2) is 9.55 Å². The van der Waals surface area contributed by atoms with Crippen LogP contribution in [0.2, 0.25) is 0 Å². The molecule has 3 heteroatoms. The van der Waals surface area contributed by atoms with Crippen LogP contribution >= 0.6 is 0 Å². The molecule has 1 heterocycles. The highest BCUT2D eigenvalue weighted by molar-refractivity contribution is 5.32. The van der Waals surface area contributed by atoms with Crippen LogP contribution in [0.3, 0.4) is 0 Å². The lowest BCUT2D eigenvalue weighted by Gasteiger charge is -2.01. The van der Waals surface area contributed by atoms with E-state index in [1.54, 1.807) is 18.6 Å². The fourth-order valence-corrected chi connectivity index (χ4v) is 1.33. The second kappa shape index (κ2) is 3.75. The molecule has 0 aliphatic carbocycles. The van der Waals surface area contributed by atoms with Gasteiger partial charge in [0, 0.05) is 18.9 Å². The molecule has 0 aliphatic heterocycles. The van der Waals surface area contributed by atoms with E-state index in [2.05, 4.69) is 11.1 Å². The van der Waals surface area contributed by atoms with Gasteiger partial charge in [-0.15, -0.1) is 0 Å². The molecule has 0 saturated heterocycles. The molecule has 0 atom stereocenters. The summed E-state index contributed by atoms with van der Waals surface area (Å²) in [7, 11) is 0. The Hall–Kier alpha value is -2.08. The van der Waals surface area contributed by atoms with Crippen molar-refractivity contribution in [1.29, 1.82) is 5.26 Å². The van der Waals surface area contributed by atoms with E-state index in [-0.39, 0.29) is 0 Å². The zero-order valence-corrected chi connectivity index (χ0v) is 7.59. The smallest absolute Gasteiger partial charge is 0.0991 e. The van der Waals surface area contributed by atoms with Gasteiger partial charge in [-0.1, -0.05) is 12.1 Å². The van der Waals surface area contributed by atoms with Crippen LogP contribution in [-0.2, 0) is 6.54 Å². The Morgan fingerprint density at radius 3 is 3.07 bits per heavy atom. The van der Waals surface area contributed by atoms with E-state index in [1.807, 2.05) is 29.0 Å². The number of nitriles is 1. The average molecular weight is 183 g/mol. The lowest BCUT2D eigenvalue weighted by atomic mass is 10.1. The van der Waals surface area contributed by atoms with E-state index < -0.39 is 0 Å². The lowest BCUT2D eigenvalue weighted by molar-refractivity contribution is 0.797. The fourth-order valence-electron chi connectivity index (χ4n) is 1.33. The van der Waals surface area contributed by atoms with Crippen LogP contribution in [0.25, 0.3) is 0 Å². The van der Waals surface area contributed by atoms with E-state index in [0.29, 0.717) is 5.56 Å². The van der Waals surface area contributed by atoms with Gasteiger partial charge in [-0.05, 0) is 17.7 Å². The Morgan fingerprint density at radius 1 is 1.43 bits per heavy atom. The van der Waals surface area contributed by atoms with E-state index in [0.717, 1.165) is 12.1 Å². The van der Waals surface area contributed by atoms with Gasteiger partial charge in [-0.3, -0.25) is 0 Å². The summed E-state index contributed by atoms with van der Waals surface area (Å²) in [6, 6.07) is 9.71. The van der Waals surface area contributed by atoms with Crippen molar-refractivity contribution in [3.63, 3.8) is 0 Å². The molecule has 0 amide bonds. The minimum atomic E-state index is 0.697. The Kier molecular flexibility index (Phi) is 2.28. The van der Waals surface area contributed by atoms with Crippen molar-refractivity contribution < 1.29 is 0 Å². The second-order valence-corrected chi connectivity index (χ2v) is 3.05. The summed E-state index contributed by atoms with van der Waals surface area (Å²) >= 11 is 0. The number of benzene rings is 1. The maximum absolute atomic E-state index is 8.72. The Bertz CT molecular complexity index is 452. The summed E-state index contributed by atoms with van der Waals surface area (Å²) in [6.07, 6.45) is 5.41. The van der Waals surface area contributed by atoms with Crippen LogP contribution in [0.15, 0.2) is 43.0 Å². The molecule has 0 saturated carbocycles. The number of hydrogen-bond donors (Lipinski definition) is 0. The molecule has 0 fully saturated rings. The van der Waals surface area contributed by atoms with Crippen LogP contribution in [0, 0.1) is 11.3 Å². The van der Waals surface area contributed by atoms with Crippen molar-refractivity contribution in [3.05, 3.63) is 54.1 Å². The molecule has 0 bridgehead atoms. The fraction of sp³-hybridized carbons (Fsp3) is 0.0909. The quantitative estimate of drug-likeness (QED) is 0.712. The molecule has 1 aromatic carbocycles. The van der Waals surface area contributed by atoms with Crippen molar-refractivity contribution in [1.82, 2.24) is 9.55 Å². The summed E-state index contributed by atoms with van der Waals surface area (Å²) in [5.41, 5.74) is 1.81. The normalized spacial score (nSPS) is 9.64. The molecule has 2 rings (SSSR count). The van der Waals surface area contributed by atoms with Crippen molar-refractivity contribution in [3.8, 4) is 6.07 Å². The SMILES string of the molecule is N#Cc1cccc(Cn2ccnc2)c1. The third kappa shape index (κ3) is 1.80. The van der Waals surface area contributed by atoms with Crippen LogP contribution in [0.5, 0.6) is 0 Å². The van der Waals surface area contributed by atoms with Crippen molar-refractivity contribution in [2.45, 2.75) is 6.54 Å². The first-order valence-corrected chi connectivity index (χ1v) is 4.33. The third-order valence-corrected chi connectivity index (χ3v) is 1.98. The first-order chi connectivity index (χ1) is 6.88. The number of rotatable bonds is 2. The van der Waals surface area contributed by atoms with E-state index in [1.165, 1.54) is 0 Å². The molecule has 1 aromatic heterocycles. The summed E-state index contributed by atoms with van der Waals surface area (Å²) in [6.45, 7) is 0.759. The molecular weight excluding hydrogens is 174 g/mol. The summed E-state index contributed by atoms with van der Waals surface area (Å²) in [4.78, 5) is 3.96. The zero-order chi connectivity index (χ0) is 9.80. The Morgan fingerprint density at radius 2 is 2.36 bits per heavy atom. The van der Waals surface area contributed by atoms with Crippen LogP contribution in [0.4, 0.5) is 0 Å². The number of hydrogen-bond acceptors (Lipinski definition) is 2. The number of aromatic nitrogens is 2. The highest BCUT2D eigenvalue weighted by Crippen LogP contribution is 2.05. The average Bonchev–Trinajstić information content (AvgIpc) is 2.71. The highest BCUT2D eigenvalue weighted by atomic mass is 15.0. The molecule has 68 valence electrons. The van der Waals surface area contributed by atoms with Crippen molar-refractivity contribution in [2.75, 3.05) is 0 Å². The van der Waals surface area contributed by atoms with Gasteiger partial charge in [0.05, 0.1) is 18.0 Å². The molecule has 0 aliphatic rings. The molecule has 3 nitrogen and oxygen atoms in total. The highest BCUT2D eigenvalue weighted by Gasteiger charge is 1.95. The van der Waals surface area contributed by atoms with Gasteiger partial charge in [0.1, 0.15) is 0 Å². The van der Waals surface area contributed by atoms with Crippen molar-refractivity contribution in [2.24, 2.45) is 0 Å². The maximum atomic E-state index is 8.72. The van der Waals surface area contributed by atoms with Gasteiger partial charge in [-0.2, -0.15) is 5.26 Å². The molecule has 2 aromatic rings. The predicted molar refractivity (Wildman–Crippen MR) is 52.5 cm³/mol. The first kappa shape index (κ1) is 8.52. The number of imidazole rings is 1. The van der Waals surface area contributed by atoms with Gasteiger partial charge in [0.2, 0.25) is 0 Å². The molecular formula is C11H9N3. The maximum Gasteiger partial charge on any atom is 0.0991 e. The zero-order valence-electron chi connectivity index (χ0n) is 7.59. The minimum absolute atomic E-state index is 0.697. The van der Waals surface area contributed by atoms with Gasteiger partial charge < -0.3 is 4.57 Å². The molecule has 0 unspecified atom stereocenters. The minimum Gasteiger partial charge on any atom is -0.333 e. The largest absolute Gasteiger partial charge is 0.333 e. The summed E-state index contributed by atoms with van der Waals surface area (Å²) < 4.78 is 1.97. The summed E-state index contributed by atoms with van der Waals surface area (Å²) in [5, 5.41) is 8.72. The van der Waals surface area contributed by atoms with Gasteiger partial charge in [-0.25, -0.2) is 4.98 Å². The van der Waals surface area contributed by atoms with Gasteiger partial charge in [0.15, 0.2) is 0 Å². The first-order valence-electron chi connectivity index (χ1n) is 4.33. The number of nitrogens with zero attached hydrogens (tertiary/aromatic N) is 3. The second-order valence-electron chi connectivity index (χ2n) is 3.05. The van der Waals surface area contributed by atoms with E-state index >= 15 is 0 Å². The monoisotopic (exact) mass is 183 g/mol. The molecule has 0 radical (unpaired) electrons. The van der Waals surface area contributed by atoms with E-state index in [9.17, 15) is 0 Å². The third-order valence-electron chi connectivity index (χ3n) is 1.98. The lowest BCUT2D eigenvalue weighted by Crippen LogP contribution is -1.96. The van der Waals surface area contributed by atoms with Gasteiger partial charge >= 0.3 is 0 Å². The Balaban J connectivity index is 2.22. The molecule has 14 heavy (non-hydrogen) atoms. The standard InChI is InChI=1S/C11H9N3/c12-7-10-2-1-3-11(6-10)8-14-5-4-13-9-14/h1-6,9H,8H2. The molecule has 0 spiro atoms. The Labute approximate surface area is 82.2 Å². The van der Waals surface area contributed by atoms with Crippen LogP contribution in [0.1, 0.15) is 11.1 Å². The van der Waals surface area contributed by atoms with Gasteiger partial charge in [0.25, 0.3) is 0 Å². The topological polar surface area (TPSA) is 41.6 Å².